The number of aromatic nitrogens is 1. The van der Waals surface area contributed by atoms with Crippen molar-refractivity contribution in [1.29, 1.82) is 0 Å². The normalized spacial score (nSPS) is 19.0. The molecule has 0 radical (unpaired) electrons. The Kier molecular flexibility index (Phi) is 8.53. The SMILES string of the molecule is CCNC(=NCC1CCCN1CC)NCCCCc1nc(C)cs1. The largest absolute Gasteiger partial charge is 0.357 e. The Labute approximate surface area is 151 Å². The maximum absolute atomic E-state index is 4.80. The highest BCUT2D eigenvalue weighted by Gasteiger charge is 2.22. The van der Waals surface area contributed by atoms with Crippen LogP contribution in [0.5, 0.6) is 0 Å². The first kappa shape index (κ1) is 19.2. The van der Waals surface area contributed by atoms with Crippen LogP contribution in [0.4, 0.5) is 0 Å². The standard InChI is InChI=1S/C18H33N5S/c1-4-19-18(21-13-16-9-8-12-23(16)5-2)20-11-7-6-10-17-22-15(3)14-24-17/h14,16H,4-13H2,1-3H3,(H2,19,20,21). The van der Waals surface area contributed by atoms with E-state index in [9.17, 15) is 0 Å². The van der Waals surface area contributed by atoms with Crippen LogP contribution in [0.15, 0.2) is 10.4 Å². The number of aliphatic imine (C=N–C) groups is 1. The fourth-order valence-electron chi connectivity index (χ4n) is 3.18. The van der Waals surface area contributed by atoms with E-state index in [0.29, 0.717) is 6.04 Å². The topological polar surface area (TPSA) is 52.6 Å². The Morgan fingerprint density at radius 1 is 1.38 bits per heavy atom. The highest BCUT2D eigenvalue weighted by Crippen LogP contribution is 2.16. The van der Waals surface area contributed by atoms with Crippen molar-refractivity contribution in [3.63, 3.8) is 0 Å². The van der Waals surface area contributed by atoms with Crippen molar-refractivity contribution in [2.24, 2.45) is 4.99 Å². The van der Waals surface area contributed by atoms with Crippen molar-refractivity contribution in [2.75, 3.05) is 32.7 Å². The van der Waals surface area contributed by atoms with Gasteiger partial charge in [-0.3, -0.25) is 9.89 Å². The smallest absolute Gasteiger partial charge is 0.191 e. The van der Waals surface area contributed by atoms with Crippen LogP contribution in [-0.4, -0.2) is 54.6 Å². The second kappa shape index (κ2) is 10.7. The first-order valence-corrected chi connectivity index (χ1v) is 10.3. The number of hydrogen-bond acceptors (Lipinski definition) is 4. The van der Waals surface area contributed by atoms with E-state index in [2.05, 4.69) is 46.7 Å². The van der Waals surface area contributed by atoms with E-state index in [4.69, 9.17) is 4.99 Å². The number of nitrogens with one attached hydrogen (secondary N) is 2. The molecule has 136 valence electrons. The molecule has 1 fully saturated rings. The first-order valence-electron chi connectivity index (χ1n) is 9.40. The number of hydrogen-bond donors (Lipinski definition) is 2. The zero-order valence-electron chi connectivity index (χ0n) is 15.5. The van der Waals surface area contributed by atoms with Gasteiger partial charge in [-0.15, -0.1) is 11.3 Å². The molecule has 1 unspecified atom stereocenters. The zero-order chi connectivity index (χ0) is 17.2. The fraction of sp³-hybridized carbons (Fsp3) is 0.778. The van der Waals surface area contributed by atoms with E-state index in [1.54, 1.807) is 11.3 Å². The van der Waals surface area contributed by atoms with Gasteiger partial charge < -0.3 is 10.6 Å². The first-order chi connectivity index (χ1) is 11.7. The third-order valence-electron chi connectivity index (χ3n) is 4.49. The van der Waals surface area contributed by atoms with Crippen molar-refractivity contribution in [1.82, 2.24) is 20.5 Å². The predicted molar refractivity (Wildman–Crippen MR) is 104 cm³/mol. The summed E-state index contributed by atoms with van der Waals surface area (Å²) in [7, 11) is 0. The second-order valence-electron chi connectivity index (χ2n) is 6.41. The van der Waals surface area contributed by atoms with Crippen molar-refractivity contribution in [2.45, 2.75) is 58.9 Å². The summed E-state index contributed by atoms with van der Waals surface area (Å²) in [5.74, 6) is 0.963. The minimum Gasteiger partial charge on any atom is -0.357 e. The van der Waals surface area contributed by atoms with Gasteiger partial charge in [0.05, 0.1) is 11.6 Å². The monoisotopic (exact) mass is 351 g/mol. The summed E-state index contributed by atoms with van der Waals surface area (Å²) in [6, 6.07) is 0.624. The van der Waals surface area contributed by atoms with Crippen LogP contribution in [0.2, 0.25) is 0 Å². The maximum Gasteiger partial charge on any atom is 0.191 e. The number of thiazole rings is 1. The average molecular weight is 352 g/mol. The van der Waals surface area contributed by atoms with Crippen LogP contribution < -0.4 is 10.6 Å². The van der Waals surface area contributed by atoms with Crippen molar-refractivity contribution < 1.29 is 0 Å². The van der Waals surface area contributed by atoms with E-state index in [1.807, 2.05) is 0 Å². The van der Waals surface area contributed by atoms with Gasteiger partial charge in [0.25, 0.3) is 0 Å². The number of unbranched alkanes of at least 4 members (excludes halogenated alkanes) is 1. The molecule has 1 aromatic rings. The van der Waals surface area contributed by atoms with Gasteiger partial charge in [0, 0.05) is 30.2 Å². The Hall–Kier alpha value is -1.14. The van der Waals surface area contributed by atoms with E-state index in [0.717, 1.165) is 50.7 Å². The summed E-state index contributed by atoms with van der Waals surface area (Å²) in [5.41, 5.74) is 1.14. The summed E-state index contributed by atoms with van der Waals surface area (Å²) < 4.78 is 0. The summed E-state index contributed by atoms with van der Waals surface area (Å²) >= 11 is 1.77. The molecule has 6 heteroatoms. The molecule has 0 aliphatic carbocycles. The van der Waals surface area contributed by atoms with Gasteiger partial charge in [-0.1, -0.05) is 6.92 Å². The van der Waals surface area contributed by atoms with Crippen molar-refractivity contribution in [3.05, 3.63) is 16.1 Å². The summed E-state index contributed by atoms with van der Waals surface area (Å²) in [4.78, 5) is 11.9. The Balaban J connectivity index is 1.67. The van der Waals surface area contributed by atoms with Crippen molar-refractivity contribution >= 4 is 17.3 Å². The summed E-state index contributed by atoms with van der Waals surface area (Å²) in [6.07, 6.45) is 6.00. The molecule has 5 nitrogen and oxygen atoms in total. The molecule has 0 amide bonds. The molecular weight excluding hydrogens is 318 g/mol. The molecule has 2 rings (SSSR count). The molecule has 2 heterocycles. The van der Waals surface area contributed by atoms with Gasteiger partial charge in [-0.2, -0.15) is 0 Å². The number of likely N-dealkylation sites (N-methyl/N-ethyl adjacent to an activating group) is 1. The highest BCUT2D eigenvalue weighted by molar-refractivity contribution is 7.09. The molecule has 0 saturated carbocycles. The van der Waals surface area contributed by atoms with Gasteiger partial charge in [0.15, 0.2) is 5.96 Å². The molecule has 0 bridgehead atoms. The Bertz CT molecular complexity index is 499. The van der Waals surface area contributed by atoms with Crippen LogP contribution in [0.25, 0.3) is 0 Å². The quantitative estimate of drug-likeness (QED) is 0.408. The van der Waals surface area contributed by atoms with Gasteiger partial charge in [0.1, 0.15) is 0 Å². The Morgan fingerprint density at radius 3 is 2.96 bits per heavy atom. The lowest BCUT2D eigenvalue weighted by Crippen LogP contribution is -2.39. The van der Waals surface area contributed by atoms with Crippen LogP contribution in [0.3, 0.4) is 0 Å². The van der Waals surface area contributed by atoms with Gasteiger partial charge in [0.2, 0.25) is 0 Å². The molecule has 1 aliphatic rings. The Morgan fingerprint density at radius 2 is 2.25 bits per heavy atom. The molecule has 24 heavy (non-hydrogen) atoms. The molecule has 0 aromatic carbocycles. The fourth-order valence-corrected chi connectivity index (χ4v) is 4.00. The highest BCUT2D eigenvalue weighted by atomic mass is 32.1. The molecule has 2 N–H and O–H groups in total. The zero-order valence-corrected chi connectivity index (χ0v) is 16.3. The lowest BCUT2D eigenvalue weighted by Gasteiger charge is -2.21. The van der Waals surface area contributed by atoms with Crippen molar-refractivity contribution in [3.8, 4) is 0 Å². The molecular formula is C18H33N5S. The summed E-state index contributed by atoms with van der Waals surface area (Å²) in [6.45, 7) is 11.6. The van der Waals surface area contributed by atoms with E-state index >= 15 is 0 Å². The van der Waals surface area contributed by atoms with Crippen LogP contribution in [0, 0.1) is 6.92 Å². The number of guanidine groups is 1. The van der Waals surface area contributed by atoms with E-state index < -0.39 is 0 Å². The second-order valence-corrected chi connectivity index (χ2v) is 7.35. The lowest BCUT2D eigenvalue weighted by atomic mass is 10.2. The molecule has 1 atom stereocenters. The molecule has 1 aromatic heterocycles. The molecule has 1 saturated heterocycles. The van der Waals surface area contributed by atoms with Crippen LogP contribution in [-0.2, 0) is 6.42 Å². The van der Waals surface area contributed by atoms with Crippen LogP contribution in [0.1, 0.15) is 50.2 Å². The van der Waals surface area contributed by atoms with Gasteiger partial charge >= 0.3 is 0 Å². The van der Waals surface area contributed by atoms with Gasteiger partial charge in [-0.05, 0) is 59.0 Å². The maximum atomic E-state index is 4.80. The lowest BCUT2D eigenvalue weighted by molar-refractivity contribution is 0.273. The number of likely N-dealkylation sites (tertiary alicyclic amines) is 1. The van der Waals surface area contributed by atoms with E-state index in [-0.39, 0.29) is 0 Å². The average Bonchev–Trinajstić information content (AvgIpc) is 3.20. The van der Waals surface area contributed by atoms with Gasteiger partial charge in [-0.25, -0.2) is 4.98 Å². The minimum atomic E-state index is 0.624. The number of nitrogens with zero attached hydrogens (tertiary/aromatic N) is 3. The predicted octanol–water partition coefficient (Wildman–Crippen LogP) is 2.81. The van der Waals surface area contributed by atoms with E-state index in [1.165, 1.54) is 30.8 Å². The van der Waals surface area contributed by atoms with Crippen LogP contribution >= 0.6 is 11.3 Å². The molecule has 1 aliphatic heterocycles. The molecule has 0 spiro atoms. The summed E-state index contributed by atoms with van der Waals surface area (Å²) in [5, 5.41) is 10.2. The number of rotatable bonds is 9. The third kappa shape index (κ3) is 6.40. The number of aryl methyl sites for hydroxylation is 2. The third-order valence-corrected chi connectivity index (χ3v) is 5.51. The minimum absolute atomic E-state index is 0.624.